The third kappa shape index (κ3) is 5.62. The number of carbonyl (C=O) groups excluding carboxylic acids is 1. The number of amides is 1. The second-order valence-corrected chi connectivity index (χ2v) is 12.7. The summed E-state index contributed by atoms with van der Waals surface area (Å²) in [6.07, 6.45) is 7.74. The molecular formula is C34H46FNO3. The Bertz CT molecular complexity index is 1120. The Balaban J connectivity index is 1.30. The van der Waals surface area contributed by atoms with Gasteiger partial charge in [0, 0.05) is 24.6 Å². The number of unbranched alkanes of at least 4 members (excludes halogenated alkanes) is 3. The van der Waals surface area contributed by atoms with Gasteiger partial charge in [0.25, 0.3) is 5.91 Å². The Hall–Kier alpha value is -2.40. The number of halogens is 1. The summed E-state index contributed by atoms with van der Waals surface area (Å²) in [4.78, 5) is 15.3. The SMILES string of the molecule is CCCCCN(CCCC[C@@H]1Cc2cc(O)ccc2[C@@H]2[C@@H]1[C@@H]1CC[C@H](O)[C@@]1(C)C[C@@H]2F)C(=O)c1ccccc1. The second-order valence-electron chi connectivity index (χ2n) is 12.7. The van der Waals surface area contributed by atoms with E-state index in [4.69, 9.17) is 0 Å². The number of phenols is 1. The van der Waals surface area contributed by atoms with Crippen molar-refractivity contribution >= 4 is 5.91 Å². The molecule has 0 saturated heterocycles. The van der Waals surface area contributed by atoms with Crippen LogP contribution in [0.3, 0.4) is 0 Å². The van der Waals surface area contributed by atoms with E-state index < -0.39 is 12.3 Å². The smallest absolute Gasteiger partial charge is 0.253 e. The van der Waals surface area contributed by atoms with Gasteiger partial charge in [0.2, 0.25) is 0 Å². The van der Waals surface area contributed by atoms with Gasteiger partial charge in [-0.3, -0.25) is 4.79 Å². The highest BCUT2D eigenvalue weighted by Gasteiger charge is 2.59. The van der Waals surface area contributed by atoms with Crippen molar-refractivity contribution in [1.29, 1.82) is 0 Å². The summed E-state index contributed by atoms with van der Waals surface area (Å²) in [5, 5.41) is 21.1. The zero-order chi connectivity index (χ0) is 27.6. The van der Waals surface area contributed by atoms with Crippen molar-refractivity contribution in [3.8, 4) is 5.75 Å². The van der Waals surface area contributed by atoms with E-state index >= 15 is 4.39 Å². The molecule has 5 rings (SSSR count). The molecule has 0 unspecified atom stereocenters. The number of alkyl halides is 1. The van der Waals surface area contributed by atoms with Crippen LogP contribution < -0.4 is 0 Å². The normalized spacial score (nSPS) is 31.3. The fourth-order valence-electron chi connectivity index (χ4n) is 8.37. The zero-order valence-electron chi connectivity index (χ0n) is 23.7. The molecule has 2 saturated carbocycles. The van der Waals surface area contributed by atoms with E-state index in [0.29, 0.717) is 18.3 Å². The number of aromatic hydroxyl groups is 1. The Morgan fingerprint density at radius 2 is 1.79 bits per heavy atom. The van der Waals surface area contributed by atoms with Crippen molar-refractivity contribution in [2.45, 2.75) is 96.2 Å². The summed E-state index contributed by atoms with van der Waals surface area (Å²) < 4.78 is 16.0. The average Bonchev–Trinajstić information content (AvgIpc) is 3.23. The second kappa shape index (κ2) is 12.0. The molecule has 3 aliphatic carbocycles. The minimum atomic E-state index is -0.979. The van der Waals surface area contributed by atoms with Gasteiger partial charge in [-0.1, -0.05) is 57.4 Å². The lowest BCUT2D eigenvalue weighted by Crippen LogP contribution is -2.51. The quantitative estimate of drug-likeness (QED) is 0.314. The van der Waals surface area contributed by atoms with Crippen molar-refractivity contribution in [2.75, 3.05) is 13.1 Å². The van der Waals surface area contributed by atoms with Crippen molar-refractivity contribution in [2.24, 2.45) is 23.2 Å². The van der Waals surface area contributed by atoms with Crippen LogP contribution in [0, 0.1) is 23.2 Å². The van der Waals surface area contributed by atoms with E-state index in [9.17, 15) is 15.0 Å². The van der Waals surface area contributed by atoms with Crippen LogP contribution in [0.2, 0.25) is 0 Å². The number of nitrogens with zero attached hydrogens (tertiary/aromatic N) is 1. The number of carbonyl (C=O) groups is 1. The van der Waals surface area contributed by atoms with Gasteiger partial charge in [-0.15, -0.1) is 0 Å². The first kappa shape index (κ1) is 28.1. The van der Waals surface area contributed by atoms with Crippen molar-refractivity contribution in [3.63, 3.8) is 0 Å². The molecule has 1 amide bonds. The van der Waals surface area contributed by atoms with E-state index in [0.717, 1.165) is 87.6 Å². The van der Waals surface area contributed by atoms with Gasteiger partial charge in [-0.2, -0.15) is 0 Å². The number of rotatable bonds is 10. The number of benzene rings is 2. The van der Waals surface area contributed by atoms with E-state index in [2.05, 4.69) is 13.8 Å². The van der Waals surface area contributed by atoms with Crippen LogP contribution in [0.15, 0.2) is 48.5 Å². The van der Waals surface area contributed by atoms with Crippen LogP contribution in [-0.4, -0.2) is 46.4 Å². The molecule has 5 heteroatoms. The molecule has 0 bridgehead atoms. The Labute approximate surface area is 233 Å². The van der Waals surface area contributed by atoms with E-state index in [1.165, 1.54) is 0 Å². The predicted molar refractivity (Wildman–Crippen MR) is 154 cm³/mol. The fraction of sp³-hybridized carbons (Fsp3) is 0.618. The molecule has 0 spiro atoms. The topological polar surface area (TPSA) is 60.8 Å². The first-order chi connectivity index (χ1) is 18.8. The monoisotopic (exact) mass is 535 g/mol. The average molecular weight is 536 g/mol. The van der Waals surface area contributed by atoms with Crippen LogP contribution in [0.5, 0.6) is 5.75 Å². The van der Waals surface area contributed by atoms with Gasteiger partial charge >= 0.3 is 0 Å². The fourth-order valence-corrected chi connectivity index (χ4v) is 8.37. The molecule has 39 heavy (non-hydrogen) atoms. The third-order valence-corrected chi connectivity index (χ3v) is 10.4. The van der Waals surface area contributed by atoms with Crippen LogP contribution >= 0.6 is 0 Å². The molecule has 2 fully saturated rings. The lowest BCUT2D eigenvalue weighted by molar-refractivity contribution is -0.0722. The maximum absolute atomic E-state index is 16.0. The van der Waals surface area contributed by atoms with E-state index in [-0.39, 0.29) is 28.9 Å². The highest BCUT2D eigenvalue weighted by atomic mass is 19.1. The molecule has 7 atom stereocenters. The summed E-state index contributed by atoms with van der Waals surface area (Å²) in [6, 6.07) is 15.1. The lowest BCUT2D eigenvalue weighted by atomic mass is 9.51. The summed E-state index contributed by atoms with van der Waals surface area (Å²) in [5.41, 5.74) is 2.55. The van der Waals surface area contributed by atoms with Gasteiger partial charge < -0.3 is 15.1 Å². The van der Waals surface area contributed by atoms with Gasteiger partial charge in [0.1, 0.15) is 11.9 Å². The highest BCUT2D eigenvalue weighted by molar-refractivity contribution is 5.94. The van der Waals surface area contributed by atoms with Crippen molar-refractivity contribution in [1.82, 2.24) is 4.90 Å². The molecule has 4 nitrogen and oxygen atoms in total. The first-order valence-corrected chi connectivity index (χ1v) is 15.3. The predicted octanol–water partition coefficient (Wildman–Crippen LogP) is 7.29. The van der Waals surface area contributed by atoms with Gasteiger partial charge in [-0.05, 0) is 104 Å². The molecule has 0 aromatic heterocycles. The molecule has 0 aliphatic heterocycles. The number of fused-ring (bicyclic) bond motifs is 5. The summed E-state index contributed by atoms with van der Waals surface area (Å²) in [6.45, 7) is 5.82. The van der Waals surface area contributed by atoms with Gasteiger partial charge in [-0.25, -0.2) is 4.39 Å². The lowest BCUT2D eigenvalue weighted by Gasteiger charge is -2.54. The zero-order valence-corrected chi connectivity index (χ0v) is 23.7. The standard InChI is InChI=1S/C34H46FNO3/c1-3-4-9-18-36(33(39)23-11-6-5-7-12-23)19-10-8-13-24-20-25-21-26(37)14-15-27(25)32-29(35)22-34(2)28(31(24)32)16-17-30(34)38/h5-7,11-12,14-15,21,24,28-32,37-38H,3-4,8-10,13,16-20,22H2,1-2H3/t24-,28+,29+,30+,31+,32+,34+/m1/s1. The molecule has 212 valence electrons. The summed E-state index contributed by atoms with van der Waals surface area (Å²) in [7, 11) is 0. The van der Waals surface area contributed by atoms with Gasteiger partial charge in [0.05, 0.1) is 6.10 Å². The first-order valence-electron chi connectivity index (χ1n) is 15.3. The Morgan fingerprint density at radius 3 is 2.54 bits per heavy atom. The number of aliphatic hydroxyl groups is 1. The van der Waals surface area contributed by atoms with Crippen molar-refractivity contribution in [3.05, 3.63) is 65.2 Å². The number of aliphatic hydroxyl groups excluding tert-OH is 1. The van der Waals surface area contributed by atoms with E-state index in [1.54, 1.807) is 6.07 Å². The molecule has 2 N–H and O–H groups in total. The minimum Gasteiger partial charge on any atom is -0.508 e. The highest BCUT2D eigenvalue weighted by Crippen LogP contribution is 2.63. The molecule has 2 aromatic carbocycles. The number of phenolic OH excluding ortho intramolecular Hbond substituents is 1. The molecule has 3 aliphatic rings. The van der Waals surface area contributed by atoms with Crippen LogP contribution in [0.25, 0.3) is 0 Å². The maximum Gasteiger partial charge on any atom is 0.253 e. The largest absolute Gasteiger partial charge is 0.508 e. The third-order valence-electron chi connectivity index (χ3n) is 10.4. The Morgan fingerprint density at radius 1 is 1.05 bits per heavy atom. The number of hydrogen-bond acceptors (Lipinski definition) is 3. The summed E-state index contributed by atoms with van der Waals surface area (Å²) >= 11 is 0. The maximum atomic E-state index is 16.0. The minimum absolute atomic E-state index is 0.108. The molecule has 2 aromatic rings. The molecule has 0 radical (unpaired) electrons. The summed E-state index contributed by atoms with van der Waals surface area (Å²) in [5.74, 6) is 1.04. The van der Waals surface area contributed by atoms with Crippen LogP contribution in [0.4, 0.5) is 4.39 Å². The van der Waals surface area contributed by atoms with Crippen LogP contribution in [-0.2, 0) is 6.42 Å². The molecule has 0 heterocycles. The van der Waals surface area contributed by atoms with Gasteiger partial charge in [0.15, 0.2) is 0 Å². The van der Waals surface area contributed by atoms with Crippen molar-refractivity contribution < 1.29 is 19.4 Å². The number of hydrogen-bond donors (Lipinski definition) is 2. The van der Waals surface area contributed by atoms with Crippen LogP contribution in [0.1, 0.15) is 99.0 Å². The Kier molecular flexibility index (Phi) is 8.66. The molecular weight excluding hydrogens is 489 g/mol. The van der Waals surface area contributed by atoms with E-state index in [1.807, 2.05) is 47.4 Å².